The molecule has 0 bridgehead atoms. The van der Waals surface area contributed by atoms with E-state index in [0.717, 1.165) is 0 Å². The van der Waals surface area contributed by atoms with Crippen molar-refractivity contribution in [1.82, 2.24) is 14.8 Å². The van der Waals surface area contributed by atoms with Gasteiger partial charge in [-0.3, -0.25) is 4.79 Å². The van der Waals surface area contributed by atoms with Gasteiger partial charge in [-0.15, -0.1) is 0 Å². The van der Waals surface area contributed by atoms with Crippen molar-refractivity contribution in [3.63, 3.8) is 0 Å². The summed E-state index contributed by atoms with van der Waals surface area (Å²) in [4.78, 5) is 17.9. The van der Waals surface area contributed by atoms with Gasteiger partial charge in [0.25, 0.3) is 0 Å². The number of anilines is 1. The Labute approximate surface area is 144 Å². The number of rotatable bonds is 6. The summed E-state index contributed by atoms with van der Waals surface area (Å²) in [5.41, 5.74) is 1.20. The van der Waals surface area contributed by atoms with Crippen LogP contribution in [0.1, 0.15) is 11.7 Å². The van der Waals surface area contributed by atoms with E-state index in [1.54, 1.807) is 12.1 Å². The number of aliphatic hydroxyl groups is 1. The van der Waals surface area contributed by atoms with Crippen LogP contribution < -0.4 is 4.90 Å². The Morgan fingerprint density at radius 1 is 1.16 bits per heavy atom. The molecule has 0 fully saturated rings. The van der Waals surface area contributed by atoms with E-state index in [9.17, 15) is 14.3 Å². The van der Waals surface area contributed by atoms with Crippen LogP contribution in [0.2, 0.25) is 0 Å². The molecule has 0 spiro atoms. The van der Waals surface area contributed by atoms with Gasteiger partial charge in [-0.05, 0) is 29.8 Å². The SMILES string of the molecule is O=C(Cn1cncn1)N(CC(O)c1ccccc1)c1ccc(F)cc1. The molecule has 0 aliphatic heterocycles. The summed E-state index contributed by atoms with van der Waals surface area (Å²) in [7, 11) is 0. The maximum Gasteiger partial charge on any atom is 0.248 e. The Morgan fingerprint density at radius 3 is 2.52 bits per heavy atom. The van der Waals surface area contributed by atoms with Crippen LogP contribution in [0.5, 0.6) is 0 Å². The van der Waals surface area contributed by atoms with Crippen LogP contribution in [0, 0.1) is 5.82 Å². The van der Waals surface area contributed by atoms with E-state index in [4.69, 9.17) is 0 Å². The summed E-state index contributed by atoms with van der Waals surface area (Å²) in [6.45, 7) is 0.0159. The average molecular weight is 340 g/mol. The highest BCUT2D eigenvalue weighted by Gasteiger charge is 2.21. The van der Waals surface area contributed by atoms with Crippen molar-refractivity contribution < 1.29 is 14.3 Å². The lowest BCUT2D eigenvalue weighted by Crippen LogP contribution is -2.37. The summed E-state index contributed by atoms with van der Waals surface area (Å²) < 4.78 is 14.6. The number of carbonyl (C=O) groups is 1. The standard InChI is InChI=1S/C18H17FN4O2/c19-15-6-8-16(9-7-15)23(18(25)11-22-13-20-12-21-22)10-17(24)14-4-2-1-3-5-14/h1-9,12-13,17,24H,10-11H2. The predicted molar refractivity (Wildman–Crippen MR) is 90.2 cm³/mol. The van der Waals surface area contributed by atoms with Gasteiger partial charge in [0, 0.05) is 5.69 Å². The minimum absolute atomic E-state index is 0.0289. The van der Waals surface area contributed by atoms with Crippen LogP contribution >= 0.6 is 0 Å². The number of nitrogens with zero attached hydrogens (tertiary/aromatic N) is 4. The van der Waals surface area contributed by atoms with Crippen molar-refractivity contribution in [2.75, 3.05) is 11.4 Å². The number of halogens is 1. The van der Waals surface area contributed by atoms with Gasteiger partial charge in [0.2, 0.25) is 5.91 Å². The fourth-order valence-corrected chi connectivity index (χ4v) is 2.46. The second-order valence-electron chi connectivity index (χ2n) is 5.50. The second kappa shape index (κ2) is 7.67. The molecule has 25 heavy (non-hydrogen) atoms. The molecule has 0 aliphatic carbocycles. The Bertz CT molecular complexity index is 807. The summed E-state index contributed by atoms with van der Waals surface area (Å²) in [5.74, 6) is -0.678. The second-order valence-corrected chi connectivity index (χ2v) is 5.50. The lowest BCUT2D eigenvalue weighted by molar-refractivity contribution is -0.119. The molecule has 1 unspecified atom stereocenters. The maximum absolute atomic E-state index is 13.2. The van der Waals surface area contributed by atoms with Gasteiger partial charge in [-0.2, -0.15) is 5.10 Å². The molecule has 1 aromatic heterocycles. The molecule has 2 aromatic carbocycles. The number of hydrogen-bond donors (Lipinski definition) is 1. The molecule has 1 N–H and O–H groups in total. The molecule has 0 saturated carbocycles. The monoisotopic (exact) mass is 340 g/mol. The van der Waals surface area contributed by atoms with E-state index < -0.39 is 11.9 Å². The van der Waals surface area contributed by atoms with Crippen molar-refractivity contribution >= 4 is 11.6 Å². The van der Waals surface area contributed by atoms with Crippen molar-refractivity contribution in [3.05, 3.63) is 78.6 Å². The van der Waals surface area contributed by atoms with Gasteiger partial charge >= 0.3 is 0 Å². The first kappa shape index (κ1) is 16.8. The van der Waals surface area contributed by atoms with Crippen LogP contribution in [0.4, 0.5) is 10.1 Å². The lowest BCUT2D eigenvalue weighted by atomic mass is 10.1. The first-order valence-electron chi connectivity index (χ1n) is 7.75. The fraction of sp³-hybridized carbons (Fsp3) is 0.167. The highest BCUT2D eigenvalue weighted by molar-refractivity contribution is 5.93. The Kier molecular flexibility index (Phi) is 5.15. The summed E-state index contributed by atoms with van der Waals surface area (Å²) in [6.07, 6.45) is 1.91. The maximum atomic E-state index is 13.2. The smallest absolute Gasteiger partial charge is 0.248 e. The molecule has 128 valence electrons. The van der Waals surface area contributed by atoms with Crippen molar-refractivity contribution in [3.8, 4) is 0 Å². The minimum Gasteiger partial charge on any atom is -0.387 e. The molecule has 3 rings (SSSR count). The molecule has 1 amide bonds. The predicted octanol–water partition coefficient (Wildman–Crippen LogP) is 2.18. The Morgan fingerprint density at radius 2 is 1.88 bits per heavy atom. The quantitative estimate of drug-likeness (QED) is 0.747. The first-order valence-corrected chi connectivity index (χ1v) is 7.75. The van der Waals surface area contributed by atoms with Gasteiger partial charge in [0.15, 0.2) is 0 Å². The molecule has 1 atom stereocenters. The van der Waals surface area contributed by atoms with Crippen LogP contribution in [-0.2, 0) is 11.3 Å². The number of aromatic nitrogens is 3. The average Bonchev–Trinajstić information content (AvgIpc) is 3.14. The van der Waals surface area contributed by atoms with Gasteiger partial charge in [-0.1, -0.05) is 30.3 Å². The van der Waals surface area contributed by atoms with E-state index >= 15 is 0 Å². The van der Waals surface area contributed by atoms with E-state index in [2.05, 4.69) is 10.1 Å². The molecule has 1 heterocycles. The number of benzene rings is 2. The summed E-state index contributed by atoms with van der Waals surface area (Å²) >= 11 is 0. The lowest BCUT2D eigenvalue weighted by Gasteiger charge is -2.25. The highest BCUT2D eigenvalue weighted by atomic mass is 19.1. The van der Waals surface area contributed by atoms with Crippen LogP contribution in [0.25, 0.3) is 0 Å². The Hall–Kier alpha value is -3.06. The molecule has 0 saturated heterocycles. The molecule has 6 nitrogen and oxygen atoms in total. The van der Waals surface area contributed by atoms with Crippen molar-refractivity contribution in [2.45, 2.75) is 12.6 Å². The third-order valence-corrected chi connectivity index (χ3v) is 3.74. The molecule has 0 radical (unpaired) electrons. The third-order valence-electron chi connectivity index (χ3n) is 3.74. The fourth-order valence-electron chi connectivity index (χ4n) is 2.46. The van der Waals surface area contributed by atoms with E-state index in [-0.39, 0.29) is 19.0 Å². The van der Waals surface area contributed by atoms with E-state index in [1.165, 1.54) is 46.5 Å². The first-order chi connectivity index (χ1) is 12.1. The number of carbonyl (C=O) groups excluding carboxylic acids is 1. The summed E-state index contributed by atoms with van der Waals surface area (Å²) in [5, 5.41) is 14.4. The van der Waals surface area contributed by atoms with Crippen molar-refractivity contribution in [1.29, 1.82) is 0 Å². The van der Waals surface area contributed by atoms with Gasteiger partial charge < -0.3 is 10.0 Å². The van der Waals surface area contributed by atoms with Crippen LogP contribution in [0.3, 0.4) is 0 Å². The normalized spacial score (nSPS) is 11.9. The third kappa shape index (κ3) is 4.27. The molecule has 0 aliphatic rings. The zero-order valence-corrected chi connectivity index (χ0v) is 13.4. The number of hydrogen-bond acceptors (Lipinski definition) is 4. The van der Waals surface area contributed by atoms with Crippen LogP contribution in [0.15, 0.2) is 67.3 Å². The Balaban J connectivity index is 1.83. The number of amides is 1. The zero-order valence-electron chi connectivity index (χ0n) is 13.4. The summed E-state index contributed by atoms with van der Waals surface area (Å²) in [6, 6.07) is 14.6. The van der Waals surface area contributed by atoms with E-state index in [1.807, 2.05) is 18.2 Å². The largest absolute Gasteiger partial charge is 0.387 e. The van der Waals surface area contributed by atoms with Crippen LogP contribution in [-0.4, -0.2) is 32.3 Å². The topological polar surface area (TPSA) is 71.2 Å². The molecule has 3 aromatic rings. The van der Waals surface area contributed by atoms with Gasteiger partial charge in [-0.25, -0.2) is 14.1 Å². The molecular weight excluding hydrogens is 323 g/mol. The van der Waals surface area contributed by atoms with Gasteiger partial charge in [0.1, 0.15) is 25.0 Å². The van der Waals surface area contributed by atoms with E-state index in [0.29, 0.717) is 11.3 Å². The van der Waals surface area contributed by atoms with Gasteiger partial charge in [0.05, 0.1) is 12.6 Å². The molecular formula is C18H17FN4O2. The zero-order chi connectivity index (χ0) is 17.6. The van der Waals surface area contributed by atoms with Crippen molar-refractivity contribution in [2.24, 2.45) is 0 Å². The number of aliphatic hydroxyl groups excluding tert-OH is 1. The molecule has 7 heteroatoms. The highest BCUT2D eigenvalue weighted by Crippen LogP contribution is 2.21. The minimum atomic E-state index is -0.869.